The fraction of sp³-hybridized carbons (Fsp3) is 0.667. The Morgan fingerprint density at radius 3 is 3.06 bits per heavy atom. The van der Waals surface area contributed by atoms with Crippen molar-refractivity contribution in [1.29, 1.82) is 0 Å². The zero-order chi connectivity index (χ0) is 11.4. The number of piperidine rings is 1. The highest BCUT2D eigenvalue weighted by molar-refractivity contribution is 7.07. The first-order chi connectivity index (χ1) is 7.79. The first kappa shape index (κ1) is 12.0. The Morgan fingerprint density at radius 1 is 1.50 bits per heavy atom. The summed E-state index contributed by atoms with van der Waals surface area (Å²) in [5.41, 5.74) is 1.37. The molecule has 0 spiro atoms. The standard InChI is InChI=1S/C12H19NO2S/c14-8-11-7-12(15)2-5-13(11)4-1-10-3-6-16-9-10/h3,6,9,11-12,14-15H,1-2,4-5,7-8H2. The van der Waals surface area contributed by atoms with E-state index in [1.807, 2.05) is 0 Å². The van der Waals surface area contributed by atoms with E-state index in [1.165, 1.54) is 5.56 Å². The number of thiophene rings is 1. The summed E-state index contributed by atoms with van der Waals surface area (Å²) in [6, 6.07) is 2.29. The van der Waals surface area contributed by atoms with E-state index in [2.05, 4.69) is 21.7 Å². The van der Waals surface area contributed by atoms with Crippen LogP contribution < -0.4 is 0 Å². The summed E-state index contributed by atoms with van der Waals surface area (Å²) in [5.74, 6) is 0. The highest BCUT2D eigenvalue weighted by atomic mass is 32.1. The van der Waals surface area contributed by atoms with Gasteiger partial charge in [0.1, 0.15) is 0 Å². The van der Waals surface area contributed by atoms with Crippen LogP contribution in [0, 0.1) is 0 Å². The van der Waals surface area contributed by atoms with Crippen LogP contribution >= 0.6 is 11.3 Å². The SMILES string of the molecule is OCC1CC(O)CCN1CCc1ccsc1. The van der Waals surface area contributed by atoms with Gasteiger partial charge in [0.15, 0.2) is 0 Å². The summed E-state index contributed by atoms with van der Waals surface area (Å²) in [7, 11) is 0. The summed E-state index contributed by atoms with van der Waals surface area (Å²) in [6.45, 7) is 2.03. The number of hydrogen-bond acceptors (Lipinski definition) is 4. The summed E-state index contributed by atoms with van der Waals surface area (Å²) >= 11 is 1.73. The van der Waals surface area contributed by atoms with Crippen LogP contribution in [0.25, 0.3) is 0 Å². The van der Waals surface area contributed by atoms with Gasteiger partial charge in [0, 0.05) is 19.1 Å². The van der Waals surface area contributed by atoms with Crippen LogP contribution in [0.1, 0.15) is 18.4 Å². The Bertz CT molecular complexity index is 302. The number of rotatable bonds is 4. The van der Waals surface area contributed by atoms with Crippen LogP contribution in [0.2, 0.25) is 0 Å². The molecule has 1 aromatic heterocycles. The molecule has 0 amide bonds. The number of nitrogens with zero attached hydrogens (tertiary/aromatic N) is 1. The van der Waals surface area contributed by atoms with Gasteiger partial charge in [0.05, 0.1) is 12.7 Å². The van der Waals surface area contributed by atoms with E-state index in [0.717, 1.165) is 25.9 Å². The molecule has 90 valence electrons. The van der Waals surface area contributed by atoms with E-state index in [9.17, 15) is 10.2 Å². The molecule has 0 aromatic carbocycles. The molecule has 2 N–H and O–H groups in total. The van der Waals surface area contributed by atoms with E-state index in [0.29, 0.717) is 6.42 Å². The van der Waals surface area contributed by atoms with Gasteiger partial charge < -0.3 is 10.2 Å². The molecule has 1 fully saturated rings. The van der Waals surface area contributed by atoms with Gasteiger partial charge in [-0.25, -0.2) is 0 Å². The van der Waals surface area contributed by atoms with Gasteiger partial charge in [-0.05, 0) is 41.7 Å². The summed E-state index contributed by atoms with van der Waals surface area (Å²) in [6.07, 6.45) is 2.35. The second-order valence-corrected chi connectivity index (χ2v) is 5.21. The summed E-state index contributed by atoms with van der Waals surface area (Å²) in [4.78, 5) is 2.30. The monoisotopic (exact) mass is 241 g/mol. The lowest BCUT2D eigenvalue weighted by Crippen LogP contribution is -2.47. The maximum atomic E-state index is 9.54. The smallest absolute Gasteiger partial charge is 0.0587 e. The van der Waals surface area contributed by atoms with Crippen LogP contribution in [-0.4, -0.2) is 47.0 Å². The van der Waals surface area contributed by atoms with Crippen molar-refractivity contribution in [3.05, 3.63) is 22.4 Å². The fourth-order valence-electron chi connectivity index (χ4n) is 2.27. The molecule has 2 rings (SSSR count). The molecular weight excluding hydrogens is 222 g/mol. The molecule has 2 unspecified atom stereocenters. The van der Waals surface area contributed by atoms with Gasteiger partial charge in [-0.15, -0.1) is 0 Å². The molecule has 0 aliphatic carbocycles. The third-order valence-electron chi connectivity index (χ3n) is 3.29. The minimum Gasteiger partial charge on any atom is -0.395 e. The highest BCUT2D eigenvalue weighted by Gasteiger charge is 2.26. The molecule has 1 aliphatic heterocycles. The van der Waals surface area contributed by atoms with Gasteiger partial charge in [0.2, 0.25) is 0 Å². The van der Waals surface area contributed by atoms with Crippen LogP contribution in [-0.2, 0) is 6.42 Å². The van der Waals surface area contributed by atoms with Crippen LogP contribution in [0.5, 0.6) is 0 Å². The second kappa shape index (κ2) is 5.77. The molecule has 16 heavy (non-hydrogen) atoms. The van der Waals surface area contributed by atoms with Crippen molar-refractivity contribution in [2.75, 3.05) is 19.7 Å². The Labute approximate surface area is 100 Å². The fourth-order valence-corrected chi connectivity index (χ4v) is 2.97. The van der Waals surface area contributed by atoms with Crippen molar-refractivity contribution in [3.63, 3.8) is 0 Å². The van der Waals surface area contributed by atoms with Crippen molar-refractivity contribution in [3.8, 4) is 0 Å². The maximum Gasteiger partial charge on any atom is 0.0587 e. The molecule has 4 heteroatoms. The van der Waals surface area contributed by atoms with Crippen molar-refractivity contribution in [1.82, 2.24) is 4.90 Å². The number of likely N-dealkylation sites (tertiary alicyclic amines) is 1. The van der Waals surface area contributed by atoms with Gasteiger partial charge in [-0.1, -0.05) is 0 Å². The lowest BCUT2D eigenvalue weighted by atomic mass is 9.99. The topological polar surface area (TPSA) is 43.7 Å². The van der Waals surface area contributed by atoms with Crippen molar-refractivity contribution < 1.29 is 10.2 Å². The van der Waals surface area contributed by atoms with Gasteiger partial charge >= 0.3 is 0 Å². The normalized spacial score (nSPS) is 27.1. The van der Waals surface area contributed by atoms with Crippen LogP contribution in [0.3, 0.4) is 0 Å². The summed E-state index contributed by atoms with van der Waals surface area (Å²) in [5, 5.41) is 23.1. The third-order valence-corrected chi connectivity index (χ3v) is 4.02. The van der Waals surface area contributed by atoms with Crippen LogP contribution in [0.15, 0.2) is 16.8 Å². The Morgan fingerprint density at radius 2 is 2.38 bits per heavy atom. The quantitative estimate of drug-likeness (QED) is 0.830. The number of aliphatic hydroxyl groups is 2. The molecule has 1 aliphatic rings. The van der Waals surface area contributed by atoms with Crippen LogP contribution in [0.4, 0.5) is 0 Å². The van der Waals surface area contributed by atoms with Gasteiger partial charge in [0.25, 0.3) is 0 Å². The van der Waals surface area contributed by atoms with Crippen molar-refractivity contribution >= 4 is 11.3 Å². The van der Waals surface area contributed by atoms with E-state index in [-0.39, 0.29) is 18.8 Å². The number of aliphatic hydroxyl groups excluding tert-OH is 2. The predicted octanol–water partition coefficient (Wildman–Crippen LogP) is 1.11. The molecule has 0 saturated carbocycles. The lowest BCUT2D eigenvalue weighted by molar-refractivity contribution is 0.0177. The second-order valence-electron chi connectivity index (χ2n) is 4.43. The molecule has 0 radical (unpaired) electrons. The minimum absolute atomic E-state index is 0.141. The molecule has 2 heterocycles. The molecule has 0 bridgehead atoms. The maximum absolute atomic E-state index is 9.54. The molecule has 1 saturated heterocycles. The number of hydrogen-bond donors (Lipinski definition) is 2. The Kier molecular flexibility index (Phi) is 4.35. The van der Waals surface area contributed by atoms with Crippen molar-refractivity contribution in [2.45, 2.75) is 31.4 Å². The van der Waals surface area contributed by atoms with Gasteiger partial charge in [-0.2, -0.15) is 11.3 Å². The predicted molar refractivity (Wildman–Crippen MR) is 65.7 cm³/mol. The first-order valence-electron chi connectivity index (χ1n) is 5.83. The van der Waals surface area contributed by atoms with E-state index >= 15 is 0 Å². The van der Waals surface area contributed by atoms with E-state index in [1.54, 1.807) is 11.3 Å². The zero-order valence-corrected chi connectivity index (χ0v) is 10.2. The van der Waals surface area contributed by atoms with E-state index in [4.69, 9.17) is 0 Å². The average Bonchev–Trinajstić information content (AvgIpc) is 2.80. The highest BCUT2D eigenvalue weighted by Crippen LogP contribution is 2.18. The lowest BCUT2D eigenvalue weighted by Gasteiger charge is -2.36. The van der Waals surface area contributed by atoms with Crippen molar-refractivity contribution in [2.24, 2.45) is 0 Å². The minimum atomic E-state index is -0.227. The molecular formula is C12H19NO2S. The molecule has 2 atom stereocenters. The third kappa shape index (κ3) is 3.04. The Balaban J connectivity index is 1.83. The first-order valence-corrected chi connectivity index (χ1v) is 6.78. The Hall–Kier alpha value is -0.420. The molecule has 3 nitrogen and oxygen atoms in total. The average molecular weight is 241 g/mol. The summed E-state index contributed by atoms with van der Waals surface area (Å²) < 4.78 is 0. The molecule has 1 aromatic rings. The largest absolute Gasteiger partial charge is 0.395 e. The zero-order valence-electron chi connectivity index (χ0n) is 9.38. The van der Waals surface area contributed by atoms with E-state index < -0.39 is 0 Å². The van der Waals surface area contributed by atoms with Gasteiger partial charge in [-0.3, -0.25) is 4.90 Å².